The van der Waals surface area contributed by atoms with Crippen LogP contribution in [-0.2, 0) is 11.8 Å². The molecule has 0 spiro atoms. The molecule has 3 aromatic carbocycles. The zero-order chi connectivity index (χ0) is 33.4. The number of fused-ring (bicyclic) bond motifs is 1. The van der Waals surface area contributed by atoms with Crippen LogP contribution < -0.4 is 28.6 Å². The summed E-state index contributed by atoms with van der Waals surface area (Å²) in [5.74, 6) is 3.83. The molecule has 1 aliphatic heterocycles. The van der Waals surface area contributed by atoms with Crippen molar-refractivity contribution in [1.82, 2.24) is 0 Å². The Morgan fingerprint density at radius 1 is 0.848 bits per heavy atom. The van der Waals surface area contributed by atoms with E-state index < -0.39 is 5.41 Å². The van der Waals surface area contributed by atoms with Crippen LogP contribution in [0.4, 0.5) is 5.69 Å². The first-order chi connectivity index (χ1) is 22.2. The van der Waals surface area contributed by atoms with Gasteiger partial charge in [0, 0.05) is 17.3 Å². The molecule has 248 valence electrons. The number of ether oxygens (including phenoxy) is 5. The lowest BCUT2D eigenvalue weighted by molar-refractivity contribution is 0.294. The van der Waals surface area contributed by atoms with Crippen molar-refractivity contribution in [2.24, 2.45) is 11.8 Å². The highest BCUT2D eigenvalue weighted by atomic mass is 16.5. The van der Waals surface area contributed by atoms with E-state index in [1.165, 1.54) is 16.8 Å². The summed E-state index contributed by atoms with van der Waals surface area (Å²) in [6.45, 7) is 8.88. The third kappa shape index (κ3) is 6.58. The number of para-hydroxylation sites is 1. The van der Waals surface area contributed by atoms with Gasteiger partial charge in [-0.2, -0.15) is 5.26 Å². The predicted molar refractivity (Wildman–Crippen MR) is 185 cm³/mol. The zero-order valence-electron chi connectivity index (χ0n) is 29.2. The zero-order valence-corrected chi connectivity index (χ0v) is 29.2. The van der Waals surface area contributed by atoms with Crippen LogP contribution in [0.5, 0.6) is 28.7 Å². The fourth-order valence-electron chi connectivity index (χ4n) is 7.57. The van der Waals surface area contributed by atoms with Gasteiger partial charge < -0.3 is 28.6 Å². The van der Waals surface area contributed by atoms with Crippen molar-refractivity contribution < 1.29 is 23.7 Å². The highest BCUT2D eigenvalue weighted by Gasteiger charge is 2.42. The highest BCUT2D eigenvalue weighted by Crippen LogP contribution is 2.53. The Morgan fingerprint density at radius 2 is 1.52 bits per heavy atom. The van der Waals surface area contributed by atoms with Crippen LogP contribution in [0.25, 0.3) is 0 Å². The molecule has 0 fully saturated rings. The minimum atomic E-state index is -0.668. The van der Waals surface area contributed by atoms with Gasteiger partial charge >= 0.3 is 0 Å². The number of methoxy groups -OCH3 is 5. The van der Waals surface area contributed by atoms with Gasteiger partial charge in [0.25, 0.3) is 0 Å². The second-order valence-corrected chi connectivity index (χ2v) is 12.7. The first kappa shape index (κ1) is 34.8. The fraction of sp³-hybridized carbons (Fsp3) is 0.513. The molecule has 46 heavy (non-hydrogen) atoms. The van der Waals surface area contributed by atoms with Gasteiger partial charge in [-0.1, -0.05) is 58.4 Å². The number of hydrogen-bond donors (Lipinski definition) is 0. The summed E-state index contributed by atoms with van der Waals surface area (Å²) >= 11 is 0. The summed E-state index contributed by atoms with van der Waals surface area (Å²) in [6.07, 6.45) is 5.51. The van der Waals surface area contributed by atoms with Crippen LogP contribution in [0.3, 0.4) is 0 Å². The Morgan fingerprint density at radius 3 is 2.09 bits per heavy atom. The van der Waals surface area contributed by atoms with Crippen molar-refractivity contribution in [3.63, 3.8) is 0 Å². The smallest absolute Gasteiger partial charge is 0.203 e. The second kappa shape index (κ2) is 15.5. The number of hydrogen-bond acceptors (Lipinski definition) is 7. The van der Waals surface area contributed by atoms with Crippen LogP contribution in [0.15, 0.2) is 54.6 Å². The molecule has 7 heteroatoms. The van der Waals surface area contributed by atoms with E-state index in [-0.39, 0.29) is 18.0 Å². The molecule has 1 aliphatic rings. The normalized spacial score (nSPS) is 17.8. The first-order valence-corrected chi connectivity index (χ1v) is 16.5. The number of rotatable bonds is 15. The lowest BCUT2D eigenvalue weighted by Crippen LogP contribution is -2.47. The van der Waals surface area contributed by atoms with Crippen molar-refractivity contribution in [1.29, 1.82) is 5.26 Å². The average molecular weight is 629 g/mol. The van der Waals surface area contributed by atoms with Crippen LogP contribution in [0.1, 0.15) is 82.5 Å². The maximum atomic E-state index is 10.8. The standard InChI is InChI=1S/C39H52N2O5/c1-10-15-27(4)36-35-28(23-34(44-7)37(45-8)38(35)46-9)22-31(41(36)30-16-12-11-13-17-30)18-14-21-39(25-40,26(2)3)29-19-20-32(42-5)33(24-29)43-6/h11-13,16-17,19-20,23-24,26-27,31,36H,10,14-15,18,21-22H2,1-9H3/t27?,31-,36?,39-/m0/s1. The van der Waals surface area contributed by atoms with Crippen LogP contribution in [-0.4, -0.2) is 41.6 Å². The van der Waals surface area contributed by atoms with Crippen molar-refractivity contribution in [3.8, 4) is 34.8 Å². The molecule has 1 heterocycles. The molecular weight excluding hydrogens is 576 g/mol. The number of anilines is 1. The third-order valence-corrected chi connectivity index (χ3v) is 9.93. The number of benzene rings is 3. The maximum absolute atomic E-state index is 10.8. The van der Waals surface area contributed by atoms with Crippen molar-refractivity contribution in [3.05, 3.63) is 71.3 Å². The Labute approximate surface area is 276 Å². The van der Waals surface area contributed by atoms with Crippen molar-refractivity contribution >= 4 is 5.69 Å². The van der Waals surface area contributed by atoms with Gasteiger partial charge in [-0.3, -0.25) is 0 Å². The molecule has 0 N–H and O–H groups in total. The topological polar surface area (TPSA) is 73.2 Å². The molecule has 3 aromatic rings. The molecular formula is C39H52N2O5. The quantitative estimate of drug-likeness (QED) is 0.166. The Bertz CT molecular complexity index is 1480. The molecule has 4 atom stereocenters. The van der Waals surface area contributed by atoms with E-state index in [1.54, 1.807) is 35.5 Å². The minimum absolute atomic E-state index is 0.0718. The molecule has 4 rings (SSSR count). The maximum Gasteiger partial charge on any atom is 0.203 e. The predicted octanol–water partition coefficient (Wildman–Crippen LogP) is 8.93. The van der Waals surface area contributed by atoms with Crippen LogP contribution >= 0.6 is 0 Å². The van der Waals surface area contributed by atoms with E-state index in [1.807, 2.05) is 18.2 Å². The molecule has 0 saturated carbocycles. The van der Waals surface area contributed by atoms with Gasteiger partial charge in [-0.25, -0.2) is 0 Å². The molecule has 0 saturated heterocycles. The molecule has 0 radical (unpaired) electrons. The summed E-state index contributed by atoms with van der Waals surface area (Å²) in [5, 5.41) is 10.8. The van der Waals surface area contributed by atoms with Gasteiger partial charge in [0.15, 0.2) is 23.0 Å². The number of nitrogens with zero attached hydrogens (tertiary/aromatic N) is 2. The van der Waals surface area contributed by atoms with Gasteiger partial charge in [0.1, 0.15) is 0 Å². The van der Waals surface area contributed by atoms with Gasteiger partial charge in [0.05, 0.1) is 53.1 Å². The average Bonchev–Trinajstić information content (AvgIpc) is 3.08. The lowest BCUT2D eigenvalue weighted by Gasteiger charge is -2.48. The molecule has 0 aliphatic carbocycles. The second-order valence-electron chi connectivity index (χ2n) is 12.7. The summed E-state index contributed by atoms with van der Waals surface area (Å²) in [5.41, 5.74) is 3.90. The molecule has 0 bridgehead atoms. The Balaban J connectivity index is 1.79. The summed E-state index contributed by atoms with van der Waals surface area (Å²) in [6, 6.07) is 21.8. The highest BCUT2D eigenvalue weighted by molar-refractivity contribution is 5.65. The SMILES string of the molecule is CCCC(C)C1c2c(cc(OC)c(OC)c2OC)C[C@H](CCC[C@@](C#N)(c2ccc(OC)c(OC)c2)C(C)C)N1c1ccccc1. The van der Waals surface area contributed by atoms with Gasteiger partial charge in [-0.05, 0) is 85.4 Å². The van der Waals surface area contributed by atoms with E-state index in [2.05, 4.69) is 75.1 Å². The van der Waals surface area contributed by atoms with Crippen LogP contribution in [0.2, 0.25) is 0 Å². The first-order valence-electron chi connectivity index (χ1n) is 16.5. The summed E-state index contributed by atoms with van der Waals surface area (Å²) in [7, 11) is 8.35. The monoisotopic (exact) mass is 628 g/mol. The fourth-order valence-corrected chi connectivity index (χ4v) is 7.57. The Hall–Kier alpha value is -4.05. The van der Waals surface area contributed by atoms with E-state index in [9.17, 15) is 5.26 Å². The summed E-state index contributed by atoms with van der Waals surface area (Å²) < 4.78 is 28.9. The van der Waals surface area contributed by atoms with Crippen LogP contribution in [0, 0.1) is 23.2 Å². The molecule has 2 unspecified atom stereocenters. The van der Waals surface area contributed by atoms with Crippen molar-refractivity contribution in [2.75, 3.05) is 40.4 Å². The molecule has 7 nitrogen and oxygen atoms in total. The largest absolute Gasteiger partial charge is 0.493 e. The number of nitriles is 1. The van der Waals surface area contributed by atoms with E-state index in [0.717, 1.165) is 49.8 Å². The molecule has 0 amide bonds. The van der Waals surface area contributed by atoms with E-state index >= 15 is 0 Å². The van der Waals surface area contributed by atoms with E-state index in [0.29, 0.717) is 28.9 Å². The summed E-state index contributed by atoms with van der Waals surface area (Å²) in [4.78, 5) is 2.62. The molecule has 0 aromatic heterocycles. The minimum Gasteiger partial charge on any atom is -0.493 e. The van der Waals surface area contributed by atoms with Gasteiger partial charge in [-0.15, -0.1) is 0 Å². The van der Waals surface area contributed by atoms with Gasteiger partial charge in [0.2, 0.25) is 5.75 Å². The van der Waals surface area contributed by atoms with Crippen molar-refractivity contribution in [2.45, 2.75) is 83.7 Å². The van der Waals surface area contributed by atoms with E-state index in [4.69, 9.17) is 23.7 Å². The Kier molecular flexibility index (Phi) is 11.7. The third-order valence-electron chi connectivity index (χ3n) is 9.93. The lowest BCUT2D eigenvalue weighted by atomic mass is 9.69.